The molecule has 0 saturated heterocycles. The van der Waals surface area contributed by atoms with Gasteiger partial charge in [-0.3, -0.25) is 0 Å². The van der Waals surface area contributed by atoms with Crippen molar-refractivity contribution in [2.75, 3.05) is 6.61 Å². The van der Waals surface area contributed by atoms with Crippen LogP contribution in [0.2, 0.25) is 0 Å². The quantitative estimate of drug-likeness (QED) is 0.469. The molecule has 0 amide bonds. The van der Waals surface area contributed by atoms with E-state index in [1.807, 2.05) is 13.8 Å². The van der Waals surface area contributed by atoms with Crippen LogP contribution in [-0.4, -0.2) is 17.8 Å². The minimum absolute atomic E-state index is 0.0281. The van der Waals surface area contributed by atoms with Crippen molar-refractivity contribution in [1.82, 2.24) is 10.9 Å². The number of nitrogens with one attached hydrogen (secondary N) is 2. The molecule has 3 heteroatoms. The summed E-state index contributed by atoms with van der Waals surface area (Å²) in [6, 6.07) is 0.355. The first-order valence-corrected chi connectivity index (χ1v) is 2.97. The number of aliphatic hydroxyl groups is 1. The van der Waals surface area contributed by atoms with Gasteiger partial charge in [-0.05, 0) is 13.8 Å². The molecule has 0 aliphatic heterocycles. The van der Waals surface area contributed by atoms with E-state index in [1.165, 1.54) is 0 Å². The van der Waals surface area contributed by atoms with Crippen LogP contribution in [0.15, 0.2) is 12.3 Å². The van der Waals surface area contributed by atoms with Crippen molar-refractivity contribution in [2.45, 2.75) is 19.9 Å². The van der Waals surface area contributed by atoms with Gasteiger partial charge in [0.1, 0.15) is 0 Å². The van der Waals surface area contributed by atoms with Crippen LogP contribution in [0.4, 0.5) is 0 Å². The second kappa shape index (κ2) is 4.35. The van der Waals surface area contributed by atoms with E-state index in [0.29, 0.717) is 11.7 Å². The van der Waals surface area contributed by atoms with E-state index in [2.05, 4.69) is 17.4 Å². The van der Waals surface area contributed by atoms with E-state index in [-0.39, 0.29) is 6.61 Å². The summed E-state index contributed by atoms with van der Waals surface area (Å²) in [6.07, 6.45) is 0. The summed E-state index contributed by atoms with van der Waals surface area (Å²) in [6.45, 7) is 7.49. The fourth-order valence-electron chi connectivity index (χ4n) is 0.286. The van der Waals surface area contributed by atoms with Crippen molar-refractivity contribution in [3.63, 3.8) is 0 Å². The first-order valence-electron chi connectivity index (χ1n) is 2.97. The van der Waals surface area contributed by atoms with E-state index >= 15 is 0 Å². The highest BCUT2D eigenvalue weighted by molar-refractivity contribution is 4.88. The maximum atomic E-state index is 8.45. The zero-order valence-corrected chi connectivity index (χ0v) is 5.94. The SMILES string of the molecule is C=C(CO)NNC(C)C. The van der Waals surface area contributed by atoms with Crippen molar-refractivity contribution in [1.29, 1.82) is 0 Å². The highest BCUT2D eigenvalue weighted by Gasteiger charge is 1.90. The van der Waals surface area contributed by atoms with Crippen molar-refractivity contribution in [3.05, 3.63) is 12.3 Å². The van der Waals surface area contributed by atoms with E-state index in [9.17, 15) is 0 Å². The van der Waals surface area contributed by atoms with Gasteiger partial charge in [-0.2, -0.15) is 0 Å². The molecule has 0 rings (SSSR count). The zero-order chi connectivity index (χ0) is 7.28. The average molecular weight is 130 g/mol. The first-order chi connectivity index (χ1) is 4.16. The molecule has 3 N–H and O–H groups in total. The fraction of sp³-hybridized carbons (Fsp3) is 0.667. The van der Waals surface area contributed by atoms with E-state index in [1.54, 1.807) is 0 Å². The van der Waals surface area contributed by atoms with Gasteiger partial charge < -0.3 is 10.5 Å². The molecular formula is C6H14N2O. The Morgan fingerprint density at radius 2 is 2.22 bits per heavy atom. The molecule has 0 fully saturated rings. The molecule has 0 aromatic rings. The number of hydrazine groups is 1. The normalized spacial score (nSPS) is 9.78. The number of aliphatic hydroxyl groups excluding tert-OH is 1. The van der Waals surface area contributed by atoms with Crippen LogP contribution >= 0.6 is 0 Å². The van der Waals surface area contributed by atoms with E-state index in [4.69, 9.17) is 5.11 Å². The van der Waals surface area contributed by atoms with Gasteiger partial charge in [-0.15, -0.1) is 0 Å². The lowest BCUT2D eigenvalue weighted by molar-refractivity contribution is 0.313. The maximum absolute atomic E-state index is 8.45. The molecule has 0 atom stereocenters. The Bertz CT molecular complexity index is 91.1. The summed E-state index contributed by atoms with van der Waals surface area (Å²) in [7, 11) is 0. The van der Waals surface area contributed by atoms with E-state index < -0.39 is 0 Å². The average Bonchev–Trinajstić information content (AvgIpc) is 1.83. The Kier molecular flexibility index (Phi) is 4.09. The molecule has 0 bridgehead atoms. The third-order valence-corrected chi connectivity index (χ3v) is 0.728. The molecule has 54 valence electrons. The van der Waals surface area contributed by atoms with Crippen LogP contribution in [0.25, 0.3) is 0 Å². The molecule has 0 radical (unpaired) electrons. The lowest BCUT2D eigenvalue weighted by Gasteiger charge is -2.10. The van der Waals surface area contributed by atoms with Crippen LogP contribution in [0.3, 0.4) is 0 Å². The molecule has 0 saturated carbocycles. The number of hydrogen-bond donors (Lipinski definition) is 3. The van der Waals surface area contributed by atoms with Crippen molar-refractivity contribution in [2.24, 2.45) is 0 Å². The Balaban J connectivity index is 3.17. The summed E-state index contributed by atoms with van der Waals surface area (Å²) >= 11 is 0. The Morgan fingerprint density at radius 1 is 1.67 bits per heavy atom. The summed E-state index contributed by atoms with van der Waals surface area (Å²) < 4.78 is 0. The largest absolute Gasteiger partial charge is 0.390 e. The van der Waals surface area contributed by atoms with Gasteiger partial charge in [0.15, 0.2) is 0 Å². The molecule has 9 heavy (non-hydrogen) atoms. The second-order valence-corrected chi connectivity index (χ2v) is 2.19. The standard InChI is InChI=1S/C6H14N2O/c1-5(2)7-8-6(3)4-9/h5,7-9H,3-4H2,1-2H3. The van der Waals surface area contributed by atoms with Crippen molar-refractivity contribution in [3.8, 4) is 0 Å². The van der Waals surface area contributed by atoms with Crippen LogP contribution in [0.5, 0.6) is 0 Å². The second-order valence-electron chi connectivity index (χ2n) is 2.19. The van der Waals surface area contributed by atoms with Gasteiger partial charge in [-0.1, -0.05) is 6.58 Å². The number of hydrogen-bond acceptors (Lipinski definition) is 3. The van der Waals surface area contributed by atoms with Gasteiger partial charge in [0, 0.05) is 11.7 Å². The van der Waals surface area contributed by atoms with Gasteiger partial charge in [-0.25, -0.2) is 5.43 Å². The Labute approximate surface area is 55.7 Å². The Hall–Kier alpha value is -0.540. The lowest BCUT2D eigenvalue weighted by Crippen LogP contribution is -2.37. The third-order valence-electron chi connectivity index (χ3n) is 0.728. The van der Waals surface area contributed by atoms with Gasteiger partial charge in [0.05, 0.1) is 6.61 Å². The molecule has 0 spiro atoms. The van der Waals surface area contributed by atoms with Gasteiger partial charge >= 0.3 is 0 Å². The fourth-order valence-corrected chi connectivity index (χ4v) is 0.286. The summed E-state index contributed by atoms with van der Waals surface area (Å²) in [5.74, 6) is 0. The van der Waals surface area contributed by atoms with Crippen molar-refractivity contribution >= 4 is 0 Å². The number of rotatable bonds is 4. The van der Waals surface area contributed by atoms with Crippen LogP contribution in [0, 0.1) is 0 Å². The molecule has 0 unspecified atom stereocenters. The first kappa shape index (κ1) is 8.46. The predicted octanol–water partition coefficient (Wildman–Crippen LogP) is -0.00500. The summed E-state index contributed by atoms with van der Waals surface area (Å²) in [4.78, 5) is 0. The lowest BCUT2D eigenvalue weighted by atomic mass is 10.4. The minimum atomic E-state index is -0.0281. The zero-order valence-electron chi connectivity index (χ0n) is 5.94. The van der Waals surface area contributed by atoms with Crippen LogP contribution in [0.1, 0.15) is 13.8 Å². The molecule has 3 nitrogen and oxygen atoms in total. The van der Waals surface area contributed by atoms with Crippen LogP contribution in [-0.2, 0) is 0 Å². The van der Waals surface area contributed by atoms with Crippen LogP contribution < -0.4 is 10.9 Å². The smallest absolute Gasteiger partial charge is 0.0835 e. The predicted molar refractivity (Wildman–Crippen MR) is 37.6 cm³/mol. The highest BCUT2D eigenvalue weighted by Crippen LogP contribution is 1.77. The van der Waals surface area contributed by atoms with Gasteiger partial charge in [0.25, 0.3) is 0 Å². The molecule has 0 aliphatic rings. The molecular weight excluding hydrogens is 116 g/mol. The Morgan fingerprint density at radius 3 is 2.56 bits per heavy atom. The molecule has 0 heterocycles. The molecule has 0 aliphatic carbocycles. The molecule has 0 aromatic heterocycles. The summed E-state index contributed by atoms with van der Waals surface area (Å²) in [5, 5.41) is 8.45. The van der Waals surface area contributed by atoms with E-state index in [0.717, 1.165) is 0 Å². The monoisotopic (exact) mass is 130 g/mol. The maximum Gasteiger partial charge on any atom is 0.0835 e. The topological polar surface area (TPSA) is 44.3 Å². The highest BCUT2D eigenvalue weighted by atomic mass is 16.3. The third kappa shape index (κ3) is 5.33. The van der Waals surface area contributed by atoms with Crippen molar-refractivity contribution < 1.29 is 5.11 Å². The van der Waals surface area contributed by atoms with Gasteiger partial charge in [0.2, 0.25) is 0 Å². The minimum Gasteiger partial charge on any atom is -0.390 e. The molecule has 0 aromatic carbocycles. The summed E-state index contributed by atoms with van der Waals surface area (Å²) in [5.41, 5.74) is 6.21.